The monoisotopic (exact) mass is 399 g/mol. The predicted molar refractivity (Wildman–Crippen MR) is 104 cm³/mol. The van der Waals surface area contributed by atoms with Crippen molar-refractivity contribution >= 4 is 10.0 Å². The molecule has 8 heteroatoms. The number of hydrogen-bond acceptors (Lipinski definition) is 6. The number of benzene rings is 2. The molecule has 4 rings (SSSR count). The summed E-state index contributed by atoms with van der Waals surface area (Å²) in [6.45, 7) is 1.13. The van der Waals surface area contributed by atoms with Gasteiger partial charge in [0.2, 0.25) is 21.8 Å². The highest BCUT2D eigenvalue weighted by molar-refractivity contribution is 7.89. The summed E-state index contributed by atoms with van der Waals surface area (Å²) in [5, 5.41) is 8.17. The van der Waals surface area contributed by atoms with Crippen molar-refractivity contribution in [2.24, 2.45) is 0 Å². The molecule has 146 valence electrons. The van der Waals surface area contributed by atoms with E-state index in [-0.39, 0.29) is 10.8 Å². The molecule has 0 radical (unpaired) electrons. The van der Waals surface area contributed by atoms with Crippen molar-refractivity contribution < 1.29 is 17.6 Å². The van der Waals surface area contributed by atoms with Crippen molar-refractivity contribution in [1.82, 2.24) is 14.5 Å². The molecule has 0 spiro atoms. The van der Waals surface area contributed by atoms with E-state index in [1.807, 2.05) is 24.3 Å². The van der Waals surface area contributed by atoms with Crippen molar-refractivity contribution in [2.45, 2.75) is 24.2 Å². The summed E-state index contributed by atoms with van der Waals surface area (Å²) in [7, 11) is -1.91. The molecule has 0 atom stereocenters. The molecular formula is C20H21N3O4S. The van der Waals surface area contributed by atoms with E-state index in [9.17, 15) is 8.42 Å². The predicted octanol–water partition coefficient (Wildman–Crippen LogP) is 3.59. The Morgan fingerprint density at radius 2 is 1.61 bits per heavy atom. The van der Waals surface area contributed by atoms with Gasteiger partial charge in [0.1, 0.15) is 5.75 Å². The quantitative estimate of drug-likeness (QED) is 0.652. The largest absolute Gasteiger partial charge is 0.497 e. The van der Waals surface area contributed by atoms with Crippen molar-refractivity contribution in [3.63, 3.8) is 0 Å². The van der Waals surface area contributed by atoms with Gasteiger partial charge in [-0.1, -0.05) is 12.5 Å². The maximum Gasteiger partial charge on any atom is 0.248 e. The summed E-state index contributed by atoms with van der Waals surface area (Å²) < 4.78 is 38.3. The normalized spacial score (nSPS) is 15.5. The van der Waals surface area contributed by atoms with E-state index in [0.29, 0.717) is 24.5 Å². The molecule has 1 aliphatic heterocycles. The third-order valence-electron chi connectivity index (χ3n) is 4.80. The van der Waals surface area contributed by atoms with Gasteiger partial charge < -0.3 is 9.15 Å². The highest BCUT2D eigenvalue weighted by Gasteiger charge is 2.26. The second kappa shape index (κ2) is 7.73. The second-order valence-electron chi connectivity index (χ2n) is 6.63. The summed E-state index contributed by atoms with van der Waals surface area (Å²) in [5.74, 6) is 1.38. The van der Waals surface area contributed by atoms with Crippen LogP contribution in [0, 0.1) is 0 Å². The Morgan fingerprint density at radius 3 is 2.29 bits per heavy atom. The summed E-state index contributed by atoms with van der Waals surface area (Å²) in [6.07, 6.45) is 2.86. The minimum atomic E-state index is -3.52. The zero-order chi connectivity index (χ0) is 19.6. The molecule has 3 aromatic rings. The summed E-state index contributed by atoms with van der Waals surface area (Å²) in [6, 6.07) is 13.9. The van der Waals surface area contributed by atoms with Crippen molar-refractivity contribution in [2.75, 3.05) is 20.2 Å². The molecule has 1 aromatic heterocycles. The Bertz CT molecular complexity index is 1060. The third-order valence-corrected chi connectivity index (χ3v) is 6.69. The Kier molecular flexibility index (Phi) is 5.15. The minimum Gasteiger partial charge on any atom is -0.497 e. The molecule has 0 saturated carbocycles. The highest BCUT2D eigenvalue weighted by Crippen LogP contribution is 2.28. The van der Waals surface area contributed by atoms with E-state index in [0.717, 1.165) is 30.6 Å². The molecule has 0 bridgehead atoms. The highest BCUT2D eigenvalue weighted by atomic mass is 32.2. The topological polar surface area (TPSA) is 85.5 Å². The number of sulfonamides is 1. The van der Waals surface area contributed by atoms with E-state index in [2.05, 4.69) is 10.2 Å². The SMILES string of the molecule is COc1ccc(-c2nnc(-c3cccc(S(=O)(=O)N4CCCCC4)c3)o2)cc1. The Balaban J connectivity index is 1.62. The average Bonchev–Trinajstić information content (AvgIpc) is 3.25. The maximum atomic E-state index is 12.9. The van der Waals surface area contributed by atoms with Gasteiger partial charge >= 0.3 is 0 Å². The van der Waals surface area contributed by atoms with Gasteiger partial charge in [-0.3, -0.25) is 0 Å². The van der Waals surface area contributed by atoms with Gasteiger partial charge in [0.05, 0.1) is 12.0 Å². The van der Waals surface area contributed by atoms with Crippen LogP contribution in [0.5, 0.6) is 5.75 Å². The number of nitrogens with zero attached hydrogens (tertiary/aromatic N) is 3. The molecule has 1 saturated heterocycles. The third kappa shape index (κ3) is 3.65. The van der Waals surface area contributed by atoms with Crippen LogP contribution in [0.4, 0.5) is 0 Å². The van der Waals surface area contributed by atoms with E-state index in [4.69, 9.17) is 9.15 Å². The molecular weight excluding hydrogens is 378 g/mol. The number of hydrogen-bond donors (Lipinski definition) is 0. The lowest BCUT2D eigenvalue weighted by atomic mass is 10.2. The van der Waals surface area contributed by atoms with E-state index in [1.54, 1.807) is 35.7 Å². The van der Waals surface area contributed by atoms with Gasteiger partial charge in [-0.2, -0.15) is 4.31 Å². The van der Waals surface area contributed by atoms with Crippen LogP contribution in [0.1, 0.15) is 19.3 Å². The van der Waals surface area contributed by atoms with Crippen LogP contribution in [-0.4, -0.2) is 43.1 Å². The molecule has 0 unspecified atom stereocenters. The second-order valence-corrected chi connectivity index (χ2v) is 8.57. The zero-order valence-corrected chi connectivity index (χ0v) is 16.4. The van der Waals surface area contributed by atoms with Crippen LogP contribution in [0.15, 0.2) is 57.8 Å². The van der Waals surface area contributed by atoms with E-state index < -0.39 is 10.0 Å². The zero-order valence-electron chi connectivity index (χ0n) is 15.5. The molecule has 2 aromatic carbocycles. The number of rotatable bonds is 5. The Hall–Kier alpha value is -2.71. The van der Waals surface area contributed by atoms with Gasteiger partial charge in [0.15, 0.2) is 0 Å². The van der Waals surface area contributed by atoms with Crippen molar-refractivity contribution in [3.8, 4) is 28.7 Å². The average molecular weight is 399 g/mol. The minimum absolute atomic E-state index is 0.246. The van der Waals surface area contributed by atoms with E-state index in [1.165, 1.54) is 0 Å². The lowest BCUT2D eigenvalue weighted by Gasteiger charge is -2.25. The molecule has 28 heavy (non-hydrogen) atoms. The Morgan fingerprint density at radius 1 is 0.929 bits per heavy atom. The molecule has 0 aliphatic carbocycles. The molecule has 1 aliphatic rings. The standard InChI is InChI=1S/C20H21N3O4S/c1-26-17-10-8-15(9-11-17)19-21-22-20(27-19)16-6-5-7-18(14-16)28(24,25)23-12-3-2-4-13-23/h5-11,14H,2-4,12-13H2,1H3. The molecule has 7 nitrogen and oxygen atoms in total. The van der Waals surface area contributed by atoms with Crippen LogP contribution in [0.25, 0.3) is 22.9 Å². The van der Waals surface area contributed by atoms with Crippen molar-refractivity contribution in [3.05, 3.63) is 48.5 Å². The first-order valence-corrected chi connectivity index (χ1v) is 10.6. The molecule has 2 heterocycles. The number of piperidine rings is 1. The fourth-order valence-electron chi connectivity index (χ4n) is 3.23. The molecule has 1 fully saturated rings. The smallest absolute Gasteiger partial charge is 0.248 e. The van der Waals surface area contributed by atoms with Crippen LogP contribution < -0.4 is 4.74 Å². The van der Waals surface area contributed by atoms with Crippen LogP contribution in [-0.2, 0) is 10.0 Å². The summed E-state index contributed by atoms with van der Waals surface area (Å²) in [4.78, 5) is 0.246. The number of aromatic nitrogens is 2. The first-order chi connectivity index (χ1) is 13.6. The van der Waals surface area contributed by atoms with Crippen LogP contribution in [0.2, 0.25) is 0 Å². The fraction of sp³-hybridized carbons (Fsp3) is 0.300. The van der Waals surface area contributed by atoms with Gasteiger partial charge in [-0.15, -0.1) is 10.2 Å². The van der Waals surface area contributed by atoms with Crippen LogP contribution >= 0.6 is 0 Å². The summed E-state index contributed by atoms with van der Waals surface area (Å²) >= 11 is 0. The Labute approximate surface area is 164 Å². The molecule has 0 N–H and O–H groups in total. The van der Waals surface area contributed by atoms with Gasteiger partial charge in [0.25, 0.3) is 0 Å². The fourth-order valence-corrected chi connectivity index (χ4v) is 4.80. The van der Waals surface area contributed by atoms with Crippen LogP contribution in [0.3, 0.4) is 0 Å². The number of methoxy groups -OCH3 is 1. The lowest BCUT2D eigenvalue weighted by Crippen LogP contribution is -2.35. The van der Waals surface area contributed by atoms with Gasteiger partial charge in [-0.25, -0.2) is 8.42 Å². The van der Waals surface area contributed by atoms with Crippen molar-refractivity contribution in [1.29, 1.82) is 0 Å². The first-order valence-electron chi connectivity index (χ1n) is 9.16. The summed E-state index contributed by atoms with van der Waals surface area (Å²) in [5.41, 5.74) is 1.34. The molecule has 0 amide bonds. The van der Waals surface area contributed by atoms with E-state index >= 15 is 0 Å². The maximum absolute atomic E-state index is 12.9. The van der Waals surface area contributed by atoms with Gasteiger partial charge in [0, 0.05) is 24.2 Å². The van der Waals surface area contributed by atoms with Gasteiger partial charge in [-0.05, 0) is 55.3 Å². The lowest BCUT2D eigenvalue weighted by molar-refractivity contribution is 0.346. The number of ether oxygens (including phenoxy) is 1. The first kappa shape index (κ1) is 18.6.